The molecule has 1 fully saturated rings. The Labute approximate surface area is 133 Å². The van der Waals surface area contributed by atoms with Gasteiger partial charge in [0.05, 0.1) is 5.92 Å². The molecule has 0 bridgehead atoms. The maximum absolute atomic E-state index is 13.3. The van der Waals surface area contributed by atoms with Crippen LogP contribution in [0.2, 0.25) is 0 Å². The highest BCUT2D eigenvalue weighted by Crippen LogP contribution is 2.26. The zero-order valence-corrected chi connectivity index (χ0v) is 13.1. The Balaban J connectivity index is 2.06. The first kappa shape index (κ1) is 17.3. The number of aliphatic hydroxyl groups is 1. The molecule has 0 radical (unpaired) electrons. The highest BCUT2D eigenvalue weighted by atomic mass is 19.1. The fourth-order valence-electron chi connectivity index (χ4n) is 2.47. The van der Waals surface area contributed by atoms with Crippen molar-refractivity contribution < 1.29 is 23.5 Å². The number of carbonyl (C=O) groups excluding carboxylic acids is 2. The molecule has 5 nitrogen and oxygen atoms in total. The Bertz CT molecular complexity index is 589. The third kappa shape index (κ3) is 4.04. The highest BCUT2D eigenvalue weighted by Gasteiger charge is 2.36. The van der Waals surface area contributed by atoms with Crippen molar-refractivity contribution in [1.29, 1.82) is 0 Å². The van der Waals surface area contributed by atoms with Gasteiger partial charge in [-0.05, 0) is 25.0 Å². The molecule has 1 aromatic rings. The first-order valence-corrected chi connectivity index (χ1v) is 7.49. The number of aliphatic hydroxyl groups excluding tert-OH is 1. The minimum atomic E-state index is -0.772. The van der Waals surface area contributed by atoms with E-state index >= 15 is 0 Å². The van der Waals surface area contributed by atoms with Crippen LogP contribution in [0.25, 0.3) is 0 Å². The van der Waals surface area contributed by atoms with Gasteiger partial charge in [-0.2, -0.15) is 0 Å². The summed E-state index contributed by atoms with van der Waals surface area (Å²) in [4.78, 5) is 25.5. The van der Waals surface area contributed by atoms with E-state index < -0.39 is 17.6 Å². The first-order chi connectivity index (χ1) is 10.8. The molecule has 2 N–H and O–H groups in total. The van der Waals surface area contributed by atoms with Crippen LogP contribution in [0.5, 0.6) is 0 Å². The summed E-state index contributed by atoms with van der Waals surface area (Å²) in [5.74, 6) is -2.88. The number of hydrogen-bond donors (Lipinski definition) is 2. The Morgan fingerprint density at radius 3 is 2.52 bits per heavy atom. The Hall–Kier alpha value is -2.02. The molecule has 1 heterocycles. The van der Waals surface area contributed by atoms with Crippen molar-refractivity contribution in [3.63, 3.8) is 0 Å². The second-order valence-corrected chi connectivity index (χ2v) is 5.99. The van der Waals surface area contributed by atoms with Gasteiger partial charge >= 0.3 is 0 Å². The SMILES string of the molecule is CC(CO)C(C)NC(=O)C1CC(=O)N(c2cc(F)cc(F)c2)C1. The van der Waals surface area contributed by atoms with Gasteiger partial charge < -0.3 is 15.3 Å². The maximum atomic E-state index is 13.3. The average molecular weight is 326 g/mol. The summed E-state index contributed by atoms with van der Waals surface area (Å²) in [5, 5.41) is 11.8. The van der Waals surface area contributed by atoms with Crippen molar-refractivity contribution in [2.75, 3.05) is 18.1 Å². The van der Waals surface area contributed by atoms with E-state index in [1.54, 1.807) is 13.8 Å². The molecule has 1 aliphatic heterocycles. The molecule has 1 aromatic carbocycles. The van der Waals surface area contributed by atoms with Gasteiger partial charge in [-0.3, -0.25) is 9.59 Å². The summed E-state index contributed by atoms with van der Waals surface area (Å²) in [6, 6.07) is 2.63. The van der Waals surface area contributed by atoms with E-state index in [1.165, 1.54) is 4.90 Å². The van der Waals surface area contributed by atoms with Crippen LogP contribution in [-0.4, -0.2) is 36.1 Å². The summed E-state index contributed by atoms with van der Waals surface area (Å²) in [6.45, 7) is 3.59. The van der Waals surface area contributed by atoms with Crippen molar-refractivity contribution in [3.8, 4) is 0 Å². The smallest absolute Gasteiger partial charge is 0.227 e. The number of amides is 2. The van der Waals surface area contributed by atoms with Gasteiger partial charge in [-0.15, -0.1) is 0 Å². The number of hydrogen-bond acceptors (Lipinski definition) is 3. The Morgan fingerprint density at radius 1 is 1.35 bits per heavy atom. The number of halogens is 2. The lowest BCUT2D eigenvalue weighted by molar-refractivity contribution is -0.127. The largest absolute Gasteiger partial charge is 0.396 e. The molecule has 23 heavy (non-hydrogen) atoms. The lowest BCUT2D eigenvalue weighted by atomic mass is 10.0. The molecule has 0 saturated carbocycles. The van der Waals surface area contributed by atoms with Gasteiger partial charge in [0.2, 0.25) is 11.8 Å². The van der Waals surface area contributed by atoms with E-state index in [9.17, 15) is 18.4 Å². The quantitative estimate of drug-likeness (QED) is 0.860. The molecule has 0 spiro atoms. The number of anilines is 1. The van der Waals surface area contributed by atoms with E-state index in [-0.39, 0.29) is 49.0 Å². The molecule has 0 aromatic heterocycles. The lowest BCUT2D eigenvalue weighted by Gasteiger charge is -2.21. The molecule has 0 aliphatic carbocycles. The van der Waals surface area contributed by atoms with Crippen LogP contribution in [0, 0.1) is 23.5 Å². The van der Waals surface area contributed by atoms with Crippen LogP contribution >= 0.6 is 0 Å². The normalized spacial score (nSPS) is 20.5. The lowest BCUT2D eigenvalue weighted by Crippen LogP contribution is -2.42. The topological polar surface area (TPSA) is 69.6 Å². The molecular weight excluding hydrogens is 306 g/mol. The molecule has 7 heteroatoms. The van der Waals surface area contributed by atoms with Crippen molar-refractivity contribution in [1.82, 2.24) is 5.32 Å². The molecule has 1 aliphatic rings. The monoisotopic (exact) mass is 326 g/mol. The van der Waals surface area contributed by atoms with Crippen molar-refractivity contribution >= 4 is 17.5 Å². The van der Waals surface area contributed by atoms with Gasteiger partial charge in [-0.25, -0.2) is 8.78 Å². The first-order valence-electron chi connectivity index (χ1n) is 7.49. The van der Waals surface area contributed by atoms with Crippen LogP contribution in [0.1, 0.15) is 20.3 Å². The molecule has 2 amide bonds. The number of benzene rings is 1. The van der Waals surface area contributed by atoms with Gasteiger partial charge in [0, 0.05) is 37.4 Å². The number of nitrogens with zero attached hydrogens (tertiary/aromatic N) is 1. The van der Waals surface area contributed by atoms with Crippen molar-refractivity contribution in [2.45, 2.75) is 26.3 Å². The second kappa shape index (κ2) is 7.04. The van der Waals surface area contributed by atoms with Gasteiger partial charge in [0.25, 0.3) is 0 Å². The van der Waals surface area contributed by atoms with E-state index in [1.807, 2.05) is 0 Å². The Kier molecular flexibility index (Phi) is 5.30. The minimum absolute atomic E-state index is 0.00973. The molecule has 3 unspecified atom stereocenters. The summed E-state index contributed by atoms with van der Waals surface area (Å²) >= 11 is 0. The molecule has 2 rings (SSSR count). The van der Waals surface area contributed by atoms with Gasteiger partial charge in [0.1, 0.15) is 11.6 Å². The van der Waals surface area contributed by atoms with E-state index in [4.69, 9.17) is 5.11 Å². The zero-order valence-electron chi connectivity index (χ0n) is 13.1. The van der Waals surface area contributed by atoms with E-state index in [0.29, 0.717) is 0 Å². The minimum Gasteiger partial charge on any atom is -0.396 e. The van der Waals surface area contributed by atoms with Crippen molar-refractivity contribution in [3.05, 3.63) is 29.8 Å². The fourth-order valence-corrected chi connectivity index (χ4v) is 2.47. The van der Waals surface area contributed by atoms with Gasteiger partial charge in [-0.1, -0.05) is 6.92 Å². The standard InChI is InChI=1S/C16H20F2N2O3/c1-9(8-21)10(2)19-16(23)11-3-15(22)20(7-11)14-5-12(17)4-13(18)6-14/h4-6,9-11,21H,3,7-8H2,1-2H3,(H,19,23). The molecular formula is C16H20F2N2O3. The predicted octanol–water partition coefficient (Wildman–Crippen LogP) is 1.45. The fraction of sp³-hybridized carbons (Fsp3) is 0.500. The van der Waals surface area contributed by atoms with Crippen LogP contribution in [-0.2, 0) is 9.59 Å². The highest BCUT2D eigenvalue weighted by molar-refractivity contribution is 6.00. The van der Waals surface area contributed by atoms with E-state index in [0.717, 1.165) is 18.2 Å². The van der Waals surface area contributed by atoms with Gasteiger partial charge in [0.15, 0.2) is 0 Å². The summed E-state index contributed by atoms with van der Waals surface area (Å²) in [7, 11) is 0. The third-order valence-electron chi connectivity index (χ3n) is 4.17. The molecule has 1 saturated heterocycles. The summed E-state index contributed by atoms with van der Waals surface area (Å²) in [5.41, 5.74) is 0.111. The third-order valence-corrected chi connectivity index (χ3v) is 4.17. The van der Waals surface area contributed by atoms with Crippen LogP contribution in [0.15, 0.2) is 18.2 Å². The zero-order chi connectivity index (χ0) is 17.1. The number of rotatable bonds is 5. The molecule has 3 atom stereocenters. The van der Waals surface area contributed by atoms with Crippen LogP contribution in [0.3, 0.4) is 0 Å². The summed E-state index contributed by atoms with van der Waals surface area (Å²) < 4.78 is 26.6. The van der Waals surface area contributed by atoms with Crippen LogP contribution in [0.4, 0.5) is 14.5 Å². The second-order valence-electron chi connectivity index (χ2n) is 5.99. The maximum Gasteiger partial charge on any atom is 0.227 e. The summed E-state index contributed by atoms with van der Waals surface area (Å²) in [6.07, 6.45) is -0.00973. The van der Waals surface area contributed by atoms with Crippen LogP contribution < -0.4 is 10.2 Å². The molecule has 126 valence electrons. The predicted molar refractivity (Wildman–Crippen MR) is 80.7 cm³/mol. The number of nitrogens with one attached hydrogen (secondary N) is 1. The van der Waals surface area contributed by atoms with E-state index in [2.05, 4.69) is 5.32 Å². The number of carbonyl (C=O) groups is 2. The Morgan fingerprint density at radius 2 is 1.96 bits per heavy atom. The average Bonchev–Trinajstić information content (AvgIpc) is 2.87. The van der Waals surface area contributed by atoms with Crippen molar-refractivity contribution in [2.24, 2.45) is 11.8 Å².